The SMILES string of the molecule is CCc1ccc(C)c(OC(=O)c2ccc(F)cc2)c1. The minimum Gasteiger partial charge on any atom is -0.423 e. The van der Waals surface area contributed by atoms with E-state index in [2.05, 4.69) is 0 Å². The molecule has 0 aliphatic carbocycles. The van der Waals surface area contributed by atoms with Crippen molar-refractivity contribution in [3.05, 3.63) is 65.0 Å². The molecule has 2 nitrogen and oxygen atoms in total. The van der Waals surface area contributed by atoms with Crippen LogP contribution in [0.15, 0.2) is 42.5 Å². The quantitative estimate of drug-likeness (QED) is 0.616. The maximum absolute atomic E-state index is 12.8. The van der Waals surface area contributed by atoms with Crippen LogP contribution in [0.3, 0.4) is 0 Å². The van der Waals surface area contributed by atoms with E-state index in [1.54, 1.807) is 0 Å². The van der Waals surface area contributed by atoms with Crippen molar-refractivity contribution in [2.45, 2.75) is 20.3 Å². The highest BCUT2D eigenvalue weighted by molar-refractivity contribution is 5.91. The number of benzene rings is 2. The fraction of sp³-hybridized carbons (Fsp3) is 0.188. The van der Waals surface area contributed by atoms with Gasteiger partial charge < -0.3 is 4.74 Å². The summed E-state index contributed by atoms with van der Waals surface area (Å²) in [7, 11) is 0. The van der Waals surface area contributed by atoms with Crippen LogP contribution in [0, 0.1) is 12.7 Å². The minimum absolute atomic E-state index is 0.336. The van der Waals surface area contributed by atoms with Crippen LogP contribution in [-0.4, -0.2) is 5.97 Å². The number of rotatable bonds is 3. The first-order chi connectivity index (χ1) is 9.10. The molecule has 19 heavy (non-hydrogen) atoms. The van der Waals surface area contributed by atoms with E-state index in [1.807, 2.05) is 32.0 Å². The molecule has 0 saturated heterocycles. The van der Waals surface area contributed by atoms with Crippen LogP contribution in [0.4, 0.5) is 4.39 Å². The largest absolute Gasteiger partial charge is 0.423 e. The Balaban J connectivity index is 2.21. The van der Waals surface area contributed by atoms with E-state index in [0.29, 0.717) is 11.3 Å². The zero-order valence-corrected chi connectivity index (χ0v) is 10.9. The summed E-state index contributed by atoms with van der Waals surface area (Å²) in [6.45, 7) is 3.92. The molecule has 0 unspecified atom stereocenters. The standard InChI is InChI=1S/C16H15FO2/c1-3-12-5-4-11(2)15(10-12)19-16(18)13-6-8-14(17)9-7-13/h4-10H,3H2,1-2H3. The summed E-state index contributed by atoms with van der Waals surface area (Å²) in [4.78, 5) is 11.9. The van der Waals surface area contributed by atoms with Crippen molar-refractivity contribution < 1.29 is 13.9 Å². The average molecular weight is 258 g/mol. The van der Waals surface area contributed by atoms with Crippen LogP contribution in [0.1, 0.15) is 28.4 Å². The third-order valence-electron chi connectivity index (χ3n) is 2.94. The fourth-order valence-electron chi connectivity index (χ4n) is 1.72. The lowest BCUT2D eigenvalue weighted by Gasteiger charge is -2.09. The van der Waals surface area contributed by atoms with Gasteiger partial charge in [-0.15, -0.1) is 0 Å². The van der Waals surface area contributed by atoms with Gasteiger partial charge in [-0.25, -0.2) is 9.18 Å². The number of carbonyl (C=O) groups is 1. The first-order valence-corrected chi connectivity index (χ1v) is 6.17. The van der Waals surface area contributed by atoms with E-state index >= 15 is 0 Å². The Hall–Kier alpha value is -2.16. The van der Waals surface area contributed by atoms with E-state index < -0.39 is 5.97 Å². The van der Waals surface area contributed by atoms with Crippen LogP contribution in [-0.2, 0) is 6.42 Å². The van der Waals surface area contributed by atoms with Crippen LogP contribution >= 0.6 is 0 Å². The summed E-state index contributed by atoms with van der Waals surface area (Å²) in [5.41, 5.74) is 2.34. The topological polar surface area (TPSA) is 26.3 Å². The molecule has 0 amide bonds. The lowest BCUT2D eigenvalue weighted by Crippen LogP contribution is -2.09. The first-order valence-electron chi connectivity index (χ1n) is 6.17. The van der Waals surface area contributed by atoms with E-state index in [0.717, 1.165) is 17.5 Å². The Morgan fingerprint density at radius 3 is 2.47 bits per heavy atom. The Morgan fingerprint density at radius 1 is 1.16 bits per heavy atom. The Morgan fingerprint density at radius 2 is 1.84 bits per heavy atom. The van der Waals surface area contributed by atoms with Crippen molar-refractivity contribution in [1.29, 1.82) is 0 Å². The normalized spacial score (nSPS) is 10.3. The maximum atomic E-state index is 12.8. The van der Waals surface area contributed by atoms with Gasteiger partial charge in [0.05, 0.1) is 5.56 Å². The Bertz CT molecular complexity index is 588. The number of hydrogen-bond acceptors (Lipinski definition) is 2. The van der Waals surface area contributed by atoms with E-state index in [1.165, 1.54) is 24.3 Å². The highest BCUT2D eigenvalue weighted by atomic mass is 19.1. The zero-order valence-electron chi connectivity index (χ0n) is 10.9. The molecule has 2 aromatic carbocycles. The number of carbonyl (C=O) groups excluding carboxylic acids is 1. The summed E-state index contributed by atoms with van der Waals surface area (Å²) in [5, 5.41) is 0. The van der Waals surface area contributed by atoms with Crippen molar-refractivity contribution in [2.24, 2.45) is 0 Å². The molecule has 0 N–H and O–H groups in total. The average Bonchev–Trinajstić information content (AvgIpc) is 2.42. The fourth-order valence-corrected chi connectivity index (χ4v) is 1.72. The van der Waals surface area contributed by atoms with Gasteiger partial charge in [0.15, 0.2) is 0 Å². The molecule has 3 heteroatoms. The second-order valence-electron chi connectivity index (χ2n) is 4.35. The highest BCUT2D eigenvalue weighted by Gasteiger charge is 2.10. The van der Waals surface area contributed by atoms with Crippen molar-refractivity contribution in [3.63, 3.8) is 0 Å². The van der Waals surface area contributed by atoms with E-state index in [-0.39, 0.29) is 5.82 Å². The molecule has 0 saturated carbocycles. The van der Waals surface area contributed by atoms with Gasteiger partial charge in [-0.1, -0.05) is 19.1 Å². The number of hydrogen-bond donors (Lipinski definition) is 0. The number of halogens is 1. The second kappa shape index (κ2) is 5.65. The molecule has 0 bridgehead atoms. The second-order valence-corrected chi connectivity index (χ2v) is 4.35. The zero-order chi connectivity index (χ0) is 13.8. The highest BCUT2D eigenvalue weighted by Crippen LogP contribution is 2.21. The first kappa shape index (κ1) is 13.3. The molecule has 0 aliphatic heterocycles. The van der Waals surface area contributed by atoms with E-state index in [4.69, 9.17) is 4.74 Å². The molecule has 0 aliphatic rings. The molecule has 0 atom stereocenters. The Kier molecular flexibility index (Phi) is 3.95. The van der Waals surface area contributed by atoms with Gasteiger partial charge >= 0.3 is 5.97 Å². The van der Waals surface area contributed by atoms with Gasteiger partial charge in [-0.3, -0.25) is 0 Å². The van der Waals surface area contributed by atoms with Gasteiger partial charge in [-0.2, -0.15) is 0 Å². The monoisotopic (exact) mass is 258 g/mol. The summed E-state index contributed by atoms with van der Waals surface area (Å²) in [6, 6.07) is 11.1. The third kappa shape index (κ3) is 3.19. The molecule has 0 radical (unpaired) electrons. The lowest BCUT2D eigenvalue weighted by molar-refractivity contribution is 0.0733. The molecular formula is C16H15FO2. The van der Waals surface area contributed by atoms with Crippen molar-refractivity contribution in [1.82, 2.24) is 0 Å². The summed E-state index contributed by atoms with van der Waals surface area (Å²) in [6.07, 6.45) is 0.876. The third-order valence-corrected chi connectivity index (χ3v) is 2.94. The van der Waals surface area contributed by atoms with Crippen LogP contribution in [0.25, 0.3) is 0 Å². The Labute approximate surface area is 111 Å². The smallest absolute Gasteiger partial charge is 0.343 e. The summed E-state index contributed by atoms with van der Waals surface area (Å²) >= 11 is 0. The van der Waals surface area contributed by atoms with E-state index in [9.17, 15) is 9.18 Å². The number of ether oxygens (including phenoxy) is 1. The molecular weight excluding hydrogens is 243 g/mol. The number of esters is 1. The predicted octanol–water partition coefficient (Wildman–Crippen LogP) is 3.92. The molecule has 0 spiro atoms. The summed E-state index contributed by atoms with van der Waals surface area (Å²) in [5.74, 6) is -0.300. The minimum atomic E-state index is -0.476. The number of aryl methyl sites for hydroxylation is 2. The van der Waals surface area contributed by atoms with Gasteiger partial charge in [0.2, 0.25) is 0 Å². The predicted molar refractivity (Wildman–Crippen MR) is 71.9 cm³/mol. The van der Waals surface area contributed by atoms with Crippen molar-refractivity contribution >= 4 is 5.97 Å². The van der Waals surface area contributed by atoms with Gasteiger partial charge in [-0.05, 0) is 54.8 Å². The molecule has 0 aromatic heterocycles. The van der Waals surface area contributed by atoms with Crippen LogP contribution in [0.2, 0.25) is 0 Å². The maximum Gasteiger partial charge on any atom is 0.343 e. The molecule has 98 valence electrons. The van der Waals surface area contributed by atoms with Crippen LogP contribution in [0.5, 0.6) is 5.75 Å². The van der Waals surface area contributed by atoms with Gasteiger partial charge in [0.1, 0.15) is 11.6 Å². The van der Waals surface area contributed by atoms with Gasteiger partial charge in [0.25, 0.3) is 0 Å². The molecule has 0 heterocycles. The molecule has 2 aromatic rings. The molecule has 2 rings (SSSR count). The molecule has 0 fully saturated rings. The summed E-state index contributed by atoms with van der Waals surface area (Å²) < 4.78 is 18.1. The lowest BCUT2D eigenvalue weighted by atomic mass is 10.1. The van der Waals surface area contributed by atoms with Gasteiger partial charge in [0, 0.05) is 0 Å². The van der Waals surface area contributed by atoms with Crippen molar-refractivity contribution in [2.75, 3.05) is 0 Å². The van der Waals surface area contributed by atoms with Crippen LogP contribution < -0.4 is 4.74 Å². The van der Waals surface area contributed by atoms with Crippen molar-refractivity contribution in [3.8, 4) is 5.75 Å².